The van der Waals surface area contributed by atoms with Gasteiger partial charge >= 0.3 is 0 Å². The van der Waals surface area contributed by atoms with Crippen LogP contribution in [0.15, 0.2) is 90.9 Å². The molecule has 0 unspecified atom stereocenters. The number of nitro benzene ring substituents is 1. The van der Waals surface area contributed by atoms with Gasteiger partial charge in [0.2, 0.25) is 0 Å². The summed E-state index contributed by atoms with van der Waals surface area (Å²) in [5.41, 5.74) is 7.62. The Morgan fingerprint density at radius 2 is 1.81 bits per heavy atom. The van der Waals surface area contributed by atoms with E-state index >= 15 is 0 Å². The first-order valence-corrected chi connectivity index (χ1v) is 8.27. The van der Waals surface area contributed by atoms with Gasteiger partial charge in [-0.1, -0.05) is 43.5 Å². The van der Waals surface area contributed by atoms with Crippen LogP contribution in [0.25, 0.3) is 0 Å². The molecular weight excluding hydrogens is 328 g/mol. The fourth-order valence-corrected chi connectivity index (χ4v) is 2.81. The molecule has 1 aliphatic rings. The van der Waals surface area contributed by atoms with Crippen LogP contribution in [0.5, 0.6) is 0 Å². The maximum Gasteiger partial charge on any atom is 0.269 e. The molecule has 3 rings (SSSR count). The lowest BCUT2D eigenvalue weighted by molar-refractivity contribution is -0.630. The van der Waals surface area contributed by atoms with Crippen LogP contribution in [0.1, 0.15) is 18.5 Å². The van der Waals surface area contributed by atoms with Gasteiger partial charge in [0.1, 0.15) is 12.2 Å². The summed E-state index contributed by atoms with van der Waals surface area (Å²) in [4.78, 5) is 10.4. The van der Waals surface area contributed by atoms with E-state index in [0.717, 1.165) is 22.7 Å². The van der Waals surface area contributed by atoms with E-state index in [2.05, 4.69) is 43.0 Å². The second kappa shape index (κ2) is 7.25. The summed E-state index contributed by atoms with van der Waals surface area (Å²) in [5.74, 6) is 0. The molecule has 132 valence electrons. The Balaban J connectivity index is 1.75. The monoisotopic (exact) mass is 349 g/mol. The third-order valence-electron chi connectivity index (χ3n) is 4.35. The van der Waals surface area contributed by atoms with Gasteiger partial charge in [-0.2, -0.15) is 0 Å². The summed E-state index contributed by atoms with van der Waals surface area (Å²) in [5, 5.41) is 14.7. The highest BCUT2D eigenvalue weighted by atomic mass is 16.6. The van der Waals surface area contributed by atoms with Gasteiger partial charge in [0.15, 0.2) is 0 Å². The minimum Gasteiger partial charge on any atom is -0.313 e. The van der Waals surface area contributed by atoms with Crippen LogP contribution < -0.4 is 15.8 Å². The summed E-state index contributed by atoms with van der Waals surface area (Å²) in [6, 6.07) is 16.8. The number of hydrogen-bond donors (Lipinski definition) is 2. The molecule has 0 aromatic heterocycles. The van der Waals surface area contributed by atoms with Crippen LogP contribution in [-0.4, -0.2) is 4.92 Å². The van der Waals surface area contributed by atoms with Crippen LogP contribution >= 0.6 is 0 Å². The molecule has 0 radical (unpaired) electrons. The topological polar surface area (TPSA) is 75.0 Å². The fraction of sp³-hybridized carbons (Fsp3) is 0.100. The molecule has 26 heavy (non-hydrogen) atoms. The molecule has 1 aliphatic heterocycles. The van der Waals surface area contributed by atoms with Crippen molar-refractivity contribution in [1.82, 2.24) is 5.43 Å². The van der Waals surface area contributed by atoms with Gasteiger partial charge in [-0.3, -0.25) is 20.5 Å². The Labute approximate surface area is 152 Å². The van der Waals surface area contributed by atoms with Crippen LogP contribution in [0.2, 0.25) is 0 Å². The average molecular weight is 349 g/mol. The maximum absolute atomic E-state index is 10.8. The molecule has 6 nitrogen and oxygen atoms in total. The number of anilines is 1. The van der Waals surface area contributed by atoms with Gasteiger partial charge in [0.25, 0.3) is 5.69 Å². The Morgan fingerprint density at radius 1 is 1.15 bits per heavy atom. The number of nitrogens with two attached hydrogens (primary N) is 1. The van der Waals surface area contributed by atoms with E-state index in [1.807, 2.05) is 24.4 Å². The average Bonchev–Trinajstić information content (AvgIpc) is 2.94. The van der Waals surface area contributed by atoms with E-state index in [9.17, 15) is 10.1 Å². The molecule has 1 heterocycles. The van der Waals surface area contributed by atoms with Crippen molar-refractivity contribution in [2.45, 2.75) is 13.0 Å². The molecule has 0 aliphatic carbocycles. The summed E-state index contributed by atoms with van der Waals surface area (Å²) < 4.78 is 0. The zero-order chi connectivity index (χ0) is 18.7. The SMILES string of the molecule is C=C1NN(c2ccc([N+](=O)[O-])cc2)C(=C)/C1=C\[NH2+][C@@H](C)c1ccccc1. The summed E-state index contributed by atoms with van der Waals surface area (Å²) >= 11 is 0. The van der Waals surface area contributed by atoms with E-state index < -0.39 is 4.92 Å². The minimum absolute atomic E-state index is 0.0539. The number of rotatable bonds is 5. The number of hydrazine groups is 1. The van der Waals surface area contributed by atoms with Crippen molar-refractivity contribution in [3.8, 4) is 0 Å². The molecule has 6 heteroatoms. The first kappa shape index (κ1) is 17.4. The highest BCUT2D eigenvalue weighted by Crippen LogP contribution is 2.30. The highest BCUT2D eigenvalue weighted by molar-refractivity contribution is 5.64. The molecule has 0 bridgehead atoms. The molecule has 0 saturated carbocycles. The number of quaternary nitrogens is 1. The molecule has 1 saturated heterocycles. The van der Waals surface area contributed by atoms with Crippen LogP contribution in [0, 0.1) is 10.1 Å². The highest BCUT2D eigenvalue weighted by Gasteiger charge is 2.26. The van der Waals surface area contributed by atoms with E-state index in [-0.39, 0.29) is 11.7 Å². The van der Waals surface area contributed by atoms with E-state index in [1.165, 1.54) is 17.7 Å². The predicted molar refractivity (Wildman–Crippen MR) is 102 cm³/mol. The zero-order valence-corrected chi connectivity index (χ0v) is 14.6. The number of non-ortho nitro benzene ring substituents is 1. The van der Waals surface area contributed by atoms with Crippen molar-refractivity contribution in [2.24, 2.45) is 0 Å². The molecule has 1 atom stereocenters. The lowest BCUT2D eigenvalue weighted by Crippen LogP contribution is -2.78. The van der Waals surface area contributed by atoms with E-state index in [0.29, 0.717) is 0 Å². The second-order valence-electron chi connectivity index (χ2n) is 6.12. The number of hydrogen-bond acceptors (Lipinski definition) is 4. The molecule has 0 spiro atoms. The molecular formula is C20H21N4O2+. The summed E-state index contributed by atoms with van der Waals surface area (Å²) in [6.07, 6.45) is 2.01. The van der Waals surface area contributed by atoms with Crippen molar-refractivity contribution in [3.63, 3.8) is 0 Å². The first-order valence-electron chi connectivity index (χ1n) is 8.27. The standard InChI is InChI=1S/C20H20N4O2/c1-14(17-7-5-4-6-8-17)21-13-20-15(2)22-23(16(20)3)18-9-11-19(12-10-18)24(25)26/h4-14,21-22H,2-3H2,1H3/p+1/b20-13-/t14-/m0/s1. The molecule has 0 amide bonds. The zero-order valence-electron chi connectivity index (χ0n) is 14.6. The number of benzene rings is 2. The normalized spacial score (nSPS) is 16.7. The largest absolute Gasteiger partial charge is 0.313 e. The number of nitro groups is 1. The van der Waals surface area contributed by atoms with Crippen LogP contribution in [0.3, 0.4) is 0 Å². The van der Waals surface area contributed by atoms with Crippen molar-refractivity contribution < 1.29 is 10.2 Å². The van der Waals surface area contributed by atoms with Crippen LogP contribution in [0.4, 0.5) is 11.4 Å². The summed E-state index contributed by atoms with van der Waals surface area (Å²) in [6.45, 7) is 10.3. The lowest BCUT2D eigenvalue weighted by atomic mass is 10.1. The van der Waals surface area contributed by atoms with Gasteiger partial charge in [0.05, 0.1) is 27.6 Å². The van der Waals surface area contributed by atoms with Crippen LogP contribution in [-0.2, 0) is 0 Å². The van der Waals surface area contributed by atoms with Gasteiger partial charge in [-0.05, 0) is 19.1 Å². The summed E-state index contributed by atoms with van der Waals surface area (Å²) in [7, 11) is 0. The number of nitrogens with one attached hydrogen (secondary N) is 1. The minimum atomic E-state index is -0.416. The van der Waals surface area contributed by atoms with Crippen molar-refractivity contribution in [1.29, 1.82) is 0 Å². The third kappa shape index (κ3) is 3.50. The van der Waals surface area contributed by atoms with Gasteiger partial charge in [-0.15, -0.1) is 0 Å². The Hall–Kier alpha value is -3.38. The lowest BCUT2D eigenvalue weighted by Gasteiger charge is -2.18. The second-order valence-corrected chi connectivity index (χ2v) is 6.12. The Kier molecular flexibility index (Phi) is 4.86. The first-order chi connectivity index (χ1) is 12.5. The third-order valence-corrected chi connectivity index (χ3v) is 4.35. The Morgan fingerprint density at radius 3 is 2.42 bits per heavy atom. The van der Waals surface area contributed by atoms with Gasteiger partial charge < -0.3 is 5.32 Å². The van der Waals surface area contributed by atoms with Crippen molar-refractivity contribution in [2.75, 3.05) is 5.01 Å². The molecule has 3 N–H and O–H groups in total. The smallest absolute Gasteiger partial charge is 0.269 e. The molecule has 2 aromatic carbocycles. The Bertz CT molecular complexity index is 872. The van der Waals surface area contributed by atoms with E-state index in [4.69, 9.17) is 0 Å². The number of nitrogens with zero attached hydrogens (tertiary/aromatic N) is 2. The van der Waals surface area contributed by atoms with Crippen molar-refractivity contribution in [3.05, 3.63) is 107 Å². The van der Waals surface area contributed by atoms with Gasteiger partial charge in [0, 0.05) is 17.7 Å². The molecule has 2 aromatic rings. The molecule has 1 fully saturated rings. The van der Waals surface area contributed by atoms with Crippen molar-refractivity contribution >= 4 is 11.4 Å². The quantitative estimate of drug-likeness (QED) is 0.642. The maximum atomic E-state index is 10.8. The predicted octanol–water partition coefficient (Wildman–Crippen LogP) is 3.16. The fourth-order valence-electron chi connectivity index (χ4n) is 2.81. The van der Waals surface area contributed by atoms with Gasteiger partial charge in [-0.25, -0.2) is 0 Å². The van der Waals surface area contributed by atoms with E-state index in [1.54, 1.807) is 17.1 Å².